The molecule has 4 heterocycles. The summed E-state index contributed by atoms with van der Waals surface area (Å²) in [7, 11) is 0. The van der Waals surface area contributed by atoms with Crippen LogP contribution in [0.15, 0.2) is 55.1 Å². The van der Waals surface area contributed by atoms with Crippen molar-refractivity contribution in [2.45, 2.75) is 19.5 Å². The largest absolute Gasteiger partial charge is 0.361 e. The van der Waals surface area contributed by atoms with Crippen molar-refractivity contribution in [1.82, 2.24) is 24.8 Å². The monoisotopic (exact) mass is 386 g/mol. The Hall–Kier alpha value is -3.65. The lowest BCUT2D eigenvalue weighted by atomic mass is 10.0. The molecule has 8 heteroatoms. The van der Waals surface area contributed by atoms with Gasteiger partial charge in [-0.25, -0.2) is 9.97 Å². The highest BCUT2D eigenvalue weighted by molar-refractivity contribution is 5.91. The van der Waals surface area contributed by atoms with Crippen molar-refractivity contribution < 1.29 is 4.92 Å². The number of hydrogen-bond acceptors (Lipinski definition) is 6. The fourth-order valence-corrected chi connectivity index (χ4v) is 3.88. The van der Waals surface area contributed by atoms with Crippen LogP contribution in [0.2, 0.25) is 0 Å². The smallest absolute Gasteiger partial charge is 0.279 e. The van der Waals surface area contributed by atoms with Crippen molar-refractivity contribution in [2.24, 2.45) is 0 Å². The van der Waals surface area contributed by atoms with E-state index in [1.165, 1.54) is 0 Å². The van der Waals surface area contributed by atoms with Gasteiger partial charge in [0.2, 0.25) is 0 Å². The van der Waals surface area contributed by atoms with Crippen LogP contribution >= 0.6 is 0 Å². The van der Waals surface area contributed by atoms with Crippen molar-refractivity contribution in [1.29, 1.82) is 0 Å². The van der Waals surface area contributed by atoms with E-state index in [4.69, 9.17) is 4.98 Å². The SMILES string of the molecule is O=[N+]([O-])c1cccc2[nH]cc(CN3CCc4cnc(-c5ccncc5)nc4C3)c12. The van der Waals surface area contributed by atoms with Gasteiger partial charge in [-0.3, -0.25) is 20.0 Å². The van der Waals surface area contributed by atoms with Gasteiger partial charge in [-0.05, 0) is 35.7 Å². The van der Waals surface area contributed by atoms with Crippen molar-refractivity contribution in [3.63, 3.8) is 0 Å². The number of aromatic amines is 1. The van der Waals surface area contributed by atoms with E-state index >= 15 is 0 Å². The molecule has 4 aromatic rings. The fraction of sp³-hybridized carbons (Fsp3) is 0.190. The average Bonchev–Trinajstić information content (AvgIpc) is 3.16. The van der Waals surface area contributed by atoms with Crippen LogP contribution in [-0.2, 0) is 19.5 Å². The molecule has 5 rings (SSSR count). The number of rotatable bonds is 4. The van der Waals surface area contributed by atoms with E-state index in [2.05, 4.69) is 19.9 Å². The van der Waals surface area contributed by atoms with Gasteiger partial charge in [-0.1, -0.05) is 6.07 Å². The number of non-ortho nitro benzene ring substituents is 1. The highest BCUT2D eigenvalue weighted by Gasteiger charge is 2.22. The van der Waals surface area contributed by atoms with Gasteiger partial charge in [-0.2, -0.15) is 0 Å². The van der Waals surface area contributed by atoms with Crippen molar-refractivity contribution in [3.8, 4) is 11.4 Å². The molecule has 0 atom stereocenters. The number of pyridine rings is 1. The summed E-state index contributed by atoms with van der Waals surface area (Å²) in [5, 5.41) is 12.1. The minimum Gasteiger partial charge on any atom is -0.361 e. The quantitative estimate of drug-likeness (QED) is 0.426. The number of hydrogen-bond donors (Lipinski definition) is 1. The molecule has 0 saturated heterocycles. The van der Waals surface area contributed by atoms with E-state index in [0.29, 0.717) is 24.3 Å². The molecule has 0 fully saturated rings. The number of nitro benzene ring substituents is 1. The lowest BCUT2D eigenvalue weighted by molar-refractivity contribution is -0.383. The minimum absolute atomic E-state index is 0.137. The lowest BCUT2D eigenvalue weighted by Gasteiger charge is -2.27. The Kier molecular flexibility index (Phi) is 4.25. The standard InChI is InChI=1S/C21H18N6O2/c28-27(29)19-3-1-2-17-20(19)16(11-23-17)12-26-9-6-15-10-24-21(25-18(15)13-26)14-4-7-22-8-5-14/h1-5,7-8,10-11,23H,6,9,12-13H2. The summed E-state index contributed by atoms with van der Waals surface area (Å²) >= 11 is 0. The molecule has 0 bridgehead atoms. The van der Waals surface area contributed by atoms with Crippen LogP contribution < -0.4 is 0 Å². The first kappa shape index (κ1) is 17.4. The molecule has 0 saturated carbocycles. The minimum atomic E-state index is -0.320. The molecule has 0 amide bonds. The zero-order valence-electron chi connectivity index (χ0n) is 15.6. The number of nitrogens with one attached hydrogen (secondary N) is 1. The van der Waals surface area contributed by atoms with Crippen molar-refractivity contribution >= 4 is 16.6 Å². The Morgan fingerprint density at radius 1 is 1.21 bits per heavy atom. The van der Waals surface area contributed by atoms with E-state index in [1.807, 2.05) is 30.6 Å². The predicted molar refractivity (Wildman–Crippen MR) is 108 cm³/mol. The summed E-state index contributed by atoms with van der Waals surface area (Å²) in [4.78, 5) is 29.9. The molecule has 144 valence electrons. The first-order valence-electron chi connectivity index (χ1n) is 9.40. The first-order chi connectivity index (χ1) is 14.2. The van der Waals surface area contributed by atoms with Gasteiger partial charge in [0.1, 0.15) is 0 Å². The van der Waals surface area contributed by atoms with E-state index in [1.54, 1.807) is 24.5 Å². The second-order valence-electron chi connectivity index (χ2n) is 7.13. The molecule has 1 aliphatic rings. The number of H-pyrrole nitrogens is 1. The highest BCUT2D eigenvalue weighted by atomic mass is 16.6. The van der Waals surface area contributed by atoms with E-state index in [9.17, 15) is 10.1 Å². The second kappa shape index (κ2) is 7.06. The summed E-state index contributed by atoms with van der Waals surface area (Å²) < 4.78 is 0. The zero-order valence-corrected chi connectivity index (χ0v) is 15.6. The molecular formula is C21H18N6O2. The third kappa shape index (κ3) is 3.23. The molecular weight excluding hydrogens is 368 g/mol. The van der Waals surface area contributed by atoms with Gasteiger partial charge in [-0.15, -0.1) is 0 Å². The molecule has 0 spiro atoms. The topological polar surface area (TPSA) is 101 Å². The maximum atomic E-state index is 11.4. The molecule has 0 aliphatic carbocycles. The van der Waals surface area contributed by atoms with Crippen LogP contribution in [0.3, 0.4) is 0 Å². The maximum Gasteiger partial charge on any atom is 0.279 e. The molecule has 1 N–H and O–H groups in total. The van der Waals surface area contributed by atoms with Crippen LogP contribution in [0.25, 0.3) is 22.3 Å². The molecule has 0 unspecified atom stereocenters. The molecule has 29 heavy (non-hydrogen) atoms. The molecule has 8 nitrogen and oxygen atoms in total. The molecule has 0 radical (unpaired) electrons. The van der Waals surface area contributed by atoms with Gasteiger partial charge in [0.25, 0.3) is 5.69 Å². The third-order valence-electron chi connectivity index (χ3n) is 5.32. The van der Waals surface area contributed by atoms with Crippen molar-refractivity contribution in [2.75, 3.05) is 6.54 Å². The maximum absolute atomic E-state index is 11.4. The van der Waals surface area contributed by atoms with E-state index in [0.717, 1.165) is 40.9 Å². The predicted octanol–water partition coefficient (Wildman–Crippen LogP) is 3.49. The number of aromatic nitrogens is 4. The number of benzene rings is 1. The Morgan fingerprint density at radius 3 is 2.90 bits per heavy atom. The zero-order chi connectivity index (χ0) is 19.8. The van der Waals surface area contributed by atoms with Gasteiger partial charge in [0.05, 0.1) is 21.5 Å². The fourth-order valence-electron chi connectivity index (χ4n) is 3.88. The number of nitrogens with zero attached hydrogens (tertiary/aromatic N) is 5. The summed E-state index contributed by atoms with van der Waals surface area (Å²) in [5.41, 5.74) is 4.95. The Balaban J connectivity index is 1.43. The van der Waals surface area contributed by atoms with Crippen LogP contribution in [0.1, 0.15) is 16.8 Å². The summed E-state index contributed by atoms with van der Waals surface area (Å²) in [6.45, 7) is 2.17. The Bertz CT molecular complexity index is 1200. The van der Waals surface area contributed by atoms with Gasteiger partial charge in [0.15, 0.2) is 5.82 Å². The van der Waals surface area contributed by atoms with E-state index in [-0.39, 0.29) is 10.6 Å². The van der Waals surface area contributed by atoms with Crippen LogP contribution in [0.4, 0.5) is 5.69 Å². The van der Waals surface area contributed by atoms with Crippen molar-refractivity contribution in [3.05, 3.63) is 82.1 Å². The summed E-state index contributed by atoms with van der Waals surface area (Å²) in [6.07, 6.45) is 8.10. The molecule has 3 aromatic heterocycles. The summed E-state index contributed by atoms with van der Waals surface area (Å²) in [6, 6.07) is 8.92. The number of fused-ring (bicyclic) bond motifs is 2. The number of nitro groups is 1. The molecule has 1 aliphatic heterocycles. The van der Waals surface area contributed by atoms with Gasteiger partial charge in [0, 0.05) is 56.1 Å². The lowest BCUT2D eigenvalue weighted by Crippen LogP contribution is -2.31. The van der Waals surface area contributed by atoms with Crippen LogP contribution in [-0.4, -0.2) is 36.3 Å². The van der Waals surface area contributed by atoms with Gasteiger partial charge < -0.3 is 4.98 Å². The molecule has 1 aromatic carbocycles. The summed E-state index contributed by atoms with van der Waals surface area (Å²) in [5.74, 6) is 0.690. The first-order valence-corrected chi connectivity index (χ1v) is 9.40. The van der Waals surface area contributed by atoms with Crippen LogP contribution in [0.5, 0.6) is 0 Å². The third-order valence-corrected chi connectivity index (χ3v) is 5.32. The highest BCUT2D eigenvalue weighted by Crippen LogP contribution is 2.30. The normalized spacial score (nSPS) is 14.1. The van der Waals surface area contributed by atoms with E-state index < -0.39 is 0 Å². The Morgan fingerprint density at radius 2 is 2.07 bits per heavy atom. The average molecular weight is 386 g/mol. The Labute approximate surface area is 166 Å². The van der Waals surface area contributed by atoms with Gasteiger partial charge >= 0.3 is 0 Å². The second-order valence-corrected chi connectivity index (χ2v) is 7.13. The van der Waals surface area contributed by atoms with Crippen LogP contribution in [0, 0.1) is 10.1 Å².